The van der Waals surface area contributed by atoms with Crippen molar-refractivity contribution in [3.05, 3.63) is 63.2 Å². The predicted molar refractivity (Wildman–Crippen MR) is 94.4 cm³/mol. The highest BCUT2D eigenvalue weighted by Crippen LogP contribution is 2.21. The molecule has 0 saturated carbocycles. The van der Waals surface area contributed by atoms with Gasteiger partial charge in [-0.05, 0) is 42.8 Å². The number of nitrogens with one attached hydrogen (secondary N) is 1. The predicted octanol–water partition coefficient (Wildman–Crippen LogP) is 3.12. The summed E-state index contributed by atoms with van der Waals surface area (Å²) in [5, 5.41) is 13.6. The topological polar surface area (TPSA) is 108 Å². The van der Waals surface area contributed by atoms with Crippen molar-refractivity contribution in [3.8, 4) is 5.75 Å². The highest BCUT2D eigenvalue weighted by molar-refractivity contribution is 6.31. The molecule has 0 spiro atoms. The Bertz CT molecular complexity index is 823. The first kappa shape index (κ1) is 19.2. The lowest BCUT2D eigenvalue weighted by Crippen LogP contribution is -2.23. The van der Waals surface area contributed by atoms with E-state index in [1.54, 1.807) is 25.1 Å². The Hall–Kier alpha value is -3.13. The monoisotopic (exact) mass is 378 g/mol. The van der Waals surface area contributed by atoms with Crippen molar-refractivity contribution in [2.75, 3.05) is 18.5 Å². The molecule has 2 aromatic carbocycles. The average Bonchev–Trinajstić information content (AvgIpc) is 2.61. The summed E-state index contributed by atoms with van der Waals surface area (Å²) in [5.41, 5.74) is 1.06. The number of amides is 1. The van der Waals surface area contributed by atoms with Crippen LogP contribution in [0.3, 0.4) is 0 Å². The van der Waals surface area contributed by atoms with Crippen LogP contribution in [0.1, 0.15) is 5.56 Å². The van der Waals surface area contributed by atoms with Gasteiger partial charge in [-0.3, -0.25) is 14.9 Å². The number of carbonyl (C=O) groups excluding carboxylic acids is 2. The summed E-state index contributed by atoms with van der Waals surface area (Å²) in [6.07, 6.45) is 0. The molecule has 2 rings (SSSR count). The number of nitro benzene ring substituents is 1. The fourth-order valence-corrected chi connectivity index (χ4v) is 2.02. The SMILES string of the molecule is Cc1cc(OCC(=O)OCC(=O)Nc2ccc([N+](=O)[O-])cc2)ccc1Cl. The number of halogens is 1. The summed E-state index contributed by atoms with van der Waals surface area (Å²) in [5.74, 6) is -0.829. The van der Waals surface area contributed by atoms with Crippen LogP contribution in [-0.2, 0) is 14.3 Å². The van der Waals surface area contributed by atoms with Gasteiger partial charge in [0.1, 0.15) is 5.75 Å². The molecule has 0 heterocycles. The number of nitrogens with zero attached hydrogens (tertiary/aromatic N) is 1. The molecule has 1 amide bonds. The smallest absolute Gasteiger partial charge is 0.344 e. The standard InChI is InChI=1S/C17H15ClN2O6/c1-11-8-14(6-7-15(11)18)25-10-17(22)26-9-16(21)19-12-2-4-13(5-3-12)20(23)24/h2-8H,9-10H2,1H3,(H,19,21). The summed E-state index contributed by atoms with van der Waals surface area (Å²) in [6.45, 7) is 0.945. The summed E-state index contributed by atoms with van der Waals surface area (Å²) >= 11 is 5.89. The Morgan fingerprint density at radius 2 is 1.85 bits per heavy atom. The Morgan fingerprint density at radius 3 is 2.46 bits per heavy atom. The first-order valence-electron chi connectivity index (χ1n) is 7.44. The van der Waals surface area contributed by atoms with Gasteiger partial charge in [0, 0.05) is 22.8 Å². The molecule has 0 aromatic heterocycles. The molecule has 2 aromatic rings. The third kappa shape index (κ3) is 5.75. The van der Waals surface area contributed by atoms with Crippen LogP contribution in [0.5, 0.6) is 5.75 Å². The van der Waals surface area contributed by atoms with E-state index in [1.807, 2.05) is 0 Å². The number of hydrogen-bond acceptors (Lipinski definition) is 6. The van der Waals surface area contributed by atoms with Crippen molar-refractivity contribution in [2.45, 2.75) is 6.92 Å². The molecule has 0 aliphatic rings. The van der Waals surface area contributed by atoms with Crippen LogP contribution in [0.25, 0.3) is 0 Å². The Balaban J connectivity index is 1.74. The Kier molecular flexibility index (Phi) is 6.51. The van der Waals surface area contributed by atoms with Crippen LogP contribution >= 0.6 is 11.6 Å². The minimum atomic E-state index is -0.712. The number of carbonyl (C=O) groups is 2. The number of esters is 1. The molecule has 0 radical (unpaired) electrons. The number of hydrogen-bond donors (Lipinski definition) is 1. The second kappa shape index (κ2) is 8.82. The van der Waals surface area contributed by atoms with Gasteiger partial charge in [0.15, 0.2) is 13.2 Å². The number of ether oxygens (including phenoxy) is 2. The van der Waals surface area contributed by atoms with E-state index < -0.39 is 23.4 Å². The third-order valence-corrected chi connectivity index (χ3v) is 3.64. The van der Waals surface area contributed by atoms with Crippen molar-refractivity contribution in [2.24, 2.45) is 0 Å². The van der Waals surface area contributed by atoms with Gasteiger partial charge in [-0.2, -0.15) is 0 Å². The van der Waals surface area contributed by atoms with Crippen LogP contribution in [0, 0.1) is 17.0 Å². The Morgan fingerprint density at radius 1 is 1.15 bits per heavy atom. The lowest BCUT2D eigenvalue weighted by molar-refractivity contribution is -0.384. The normalized spacial score (nSPS) is 10.1. The van der Waals surface area contributed by atoms with Gasteiger partial charge in [-0.1, -0.05) is 11.6 Å². The zero-order chi connectivity index (χ0) is 19.1. The fraction of sp³-hybridized carbons (Fsp3) is 0.176. The molecule has 1 N–H and O–H groups in total. The zero-order valence-corrected chi connectivity index (χ0v) is 14.5. The molecular weight excluding hydrogens is 364 g/mol. The minimum absolute atomic E-state index is 0.0935. The van der Waals surface area contributed by atoms with E-state index in [9.17, 15) is 19.7 Å². The van der Waals surface area contributed by atoms with Crippen LogP contribution in [0.15, 0.2) is 42.5 Å². The third-order valence-electron chi connectivity index (χ3n) is 3.21. The molecule has 136 valence electrons. The first-order valence-corrected chi connectivity index (χ1v) is 7.82. The first-order chi connectivity index (χ1) is 12.3. The van der Waals surface area contributed by atoms with E-state index in [1.165, 1.54) is 24.3 Å². The maximum Gasteiger partial charge on any atom is 0.344 e. The highest BCUT2D eigenvalue weighted by Gasteiger charge is 2.10. The van der Waals surface area contributed by atoms with Crippen LogP contribution in [-0.4, -0.2) is 30.0 Å². The molecule has 8 nitrogen and oxygen atoms in total. The molecular formula is C17H15ClN2O6. The molecule has 0 fully saturated rings. The molecule has 0 aliphatic heterocycles. The van der Waals surface area contributed by atoms with Crippen molar-refractivity contribution in [3.63, 3.8) is 0 Å². The van der Waals surface area contributed by atoms with Crippen LogP contribution in [0.4, 0.5) is 11.4 Å². The van der Waals surface area contributed by atoms with Crippen molar-refractivity contribution in [1.82, 2.24) is 0 Å². The number of aryl methyl sites for hydroxylation is 1. The van der Waals surface area contributed by atoms with Crippen LogP contribution < -0.4 is 10.1 Å². The molecule has 0 unspecified atom stereocenters. The minimum Gasteiger partial charge on any atom is -0.482 e. The summed E-state index contributed by atoms with van der Waals surface area (Å²) in [4.78, 5) is 33.3. The van der Waals surface area contributed by atoms with Crippen molar-refractivity contribution < 1.29 is 24.0 Å². The van der Waals surface area contributed by atoms with Crippen molar-refractivity contribution in [1.29, 1.82) is 0 Å². The van der Waals surface area contributed by atoms with Gasteiger partial charge in [0.2, 0.25) is 0 Å². The highest BCUT2D eigenvalue weighted by atomic mass is 35.5. The summed E-state index contributed by atoms with van der Waals surface area (Å²) in [7, 11) is 0. The van der Waals surface area contributed by atoms with E-state index in [0.717, 1.165) is 5.56 Å². The van der Waals surface area contributed by atoms with E-state index in [0.29, 0.717) is 16.5 Å². The van der Waals surface area contributed by atoms with Gasteiger partial charge in [0.05, 0.1) is 4.92 Å². The second-order valence-electron chi connectivity index (χ2n) is 5.21. The van der Waals surface area contributed by atoms with Gasteiger partial charge in [-0.15, -0.1) is 0 Å². The fourth-order valence-electron chi connectivity index (χ4n) is 1.90. The van der Waals surface area contributed by atoms with E-state index in [2.05, 4.69) is 5.32 Å². The van der Waals surface area contributed by atoms with Gasteiger partial charge >= 0.3 is 5.97 Å². The quantitative estimate of drug-likeness (QED) is 0.450. The van der Waals surface area contributed by atoms with E-state index >= 15 is 0 Å². The molecule has 0 aliphatic carbocycles. The maximum absolute atomic E-state index is 11.7. The number of rotatable bonds is 7. The average molecular weight is 379 g/mol. The Labute approximate surface area is 153 Å². The number of anilines is 1. The molecule has 0 atom stereocenters. The largest absolute Gasteiger partial charge is 0.482 e. The van der Waals surface area contributed by atoms with Crippen molar-refractivity contribution >= 4 is 34.9 Å². The number of non-ortho nitro benzene ring substituents is 1. The molecule has 0 saturated heterocycles. The zero-order valence-electron chi connectivity index (χ0n) is 13.7. The second-order valence-corrected chi connectivity index (χ2v) is 5.62. The summed E-state index contributed by atoms with van der Waals surface area (Å²) in [6, 6.07) is 10.2. The molecule has 26 heavy (non-hydrogen) atoms. The van der Waals surface area contributed by atoms with Gasteiger partial charge in [0.25, 0.3) is 11.6 Å². The van der Waals surface area contributed by atoms with E-state index in [4.69, 9.17) is 21.1 Å². The summed E-state index contributed by atoms with van der Waals surface area (Å²) < 4.78 is 10.1. The van der Waals surface area contributed by atoms with Gasteiger partial charge in [-0.25, -0.2) is 4.79 Å². The molecule has 9 heteroatoms. The number of benzene rings is 2. The maximum atomic E-state index is 11.7. The molecule has 0 bridgehead atoms. The van der Waals surface area contributed by atoms with E-state index in [-0.39, 0.29) is 12.3 Å². The number of nitro groups is 1. The van der Waals surface area contributed by atoms with Crippen LogP contribution in [0.2, 0.25) is 5.02 Å². The lowest BCUT2D eigenvalue weighted by atomic mass is 10.2. The lowest BCUT2D eigenvalue weighted by Gasteiger charge is -2.08. The van der Waals surface area contributed by atoms with Gasteiger partial charge < -0.3 is 14.8 Å².